The fraction of sp³-hybridized carbons (Fsp3) is 0.222. The lowest BCUT2D eigenvalue weighted by Crippen LogP contribution is -2.27. The minimum absolute atomic E-state index is 0.0376. The summed E-state index contributed by atoms with van der Waals surface area (Å²) in [5.74, 6) is -1.09. The van der Waals surface area contributed by atoms with Gasteiger partial charge in [-0.05, 0) is 30.7 Å². The molecule has 0 aliphatic heterocycles. The molecule has 3 N–H and O–H groups in total. The van der Waals surface area contributed by atoms with Crippen molar-refractivity contribution in [2.45, 2.75) is 18.2 Å². The summed E-state index contributed by atoms with van der Waals surface area (Å²) in [6, 6.07) is 8.38. The molecule has 0 saturated heterocycles. The highest BCUT2D eigenvalue weighted by Crippen LogP contribution is 2.37. The summed E-state index contributed by atoms with van der Waals surface area (Å²) >= 11 is 6.00. The summed E-state index contributed by atoms with van der Waals surface area (Å²) in [5.41, 5.74) is -0.293. The molecule has 0 fully saturated rings. The fourth-order valence-electron chi connectivity index (χ4n) is 2.88. The van der Waals surface area contributed by atoms with Crippen LogP contribution >= 0.6 is 11.6 Å². The van der Waals surface area contributed by atoms with E-state index in [4.69, 9.17) is 11.6 Å². The van der Waals surface area contributed by atoms with E-state index in [2.05, 4.69) is 10.2 Å². The lowest BCUT2D eigenvalue weighted by atomic mass is 10.1. The van der Waals surface area contributed by atoms with Crippen LogP contribution in [0.1, 0.15) is 13.3 Å². The monoisotopic (exact) mass is 438 g/mol. The molecular formula is C18H19ClN4O5S. The van der Waals surface area contributed by atoms with Crippen molar-refractivity contribution < 1.29 is 18.6 Å². The van der Waals surface area contributed by atoms with Crippen molar-refractivity contribution in [1.29, 1.82) is 0 Å². The number of H-pyrrole nitrogens is 1. The minimum atomic E-state index is -4.03. The molecule has 3 aromatic rings. The van der Waals surface area contributed by atoms with E-state index in [0.717, 1.165) is 21.0 Å². The first-order valence-corrected chi connectivity index (χ1v) is 10.4. The summed E-state index contributed by atoms with van der Waals surface area (Å²) in [7, 11) is -2.64. The molecule has 11 heteroatoms. The maximum absolute atomic E-state index is 12.8. The average Bonchev–Trinajstić information content (AvgIpc) is 3.03. The number of phenols is 2. The fourth-order valence-corrected chi connectivity index (χ4v) is 4.41. The number of halogens is 1. The molecule has 29 heavy (non-hydrogen) atoms. The van der Waals surface area contributed by atoms with Gasteiger partial charge in [-0.25, -0.2) is 27.2 Å². The largest absolute Gasteiger partial charge is 0.507 e. The zero-order valence-corrected chi connectivity index (χ0v) is 17.2. The number of hydrogen-bond acceptors (Lipinski definition) is 6. The predicted molar refractivity (Wildman–Crippen MR) is 108 cm³/mol. The molecule has 0 radical (unpaired) electrons. The second-order valence-electron chi connectivity index (χ2n) is 6.33. The Morgan fingerprint density at radius 2 is 1.93 bits per heavy atom. The van der Waals surface area contributed by atoms with Gasteiger partial charge < -0.3 is 10.2 Å². The topological polar surface area (TPSA) is 129 Å². The number of aromatic nitrogens is 3. The summed E-state index contributed by atoms with van der Waals surface area (Å²) in [5, 5.41) is 27.1. The normalized spacial score (nSPS) is 11.9. The van der Waals surface area contributed by atoms with Gasteiger partial charge in [0.05, 0.1) is 11.3 Å². The van der Waals surface area contributed by atoms with Gasteiger partial charge in [0.1, 0.15) is 16.4 Å². The van der Waals surface area contributed by atoms with E-state index >= 15 is 0 Å². The quantitative estimate of drug-likeness (QED) is 0.541. The van der Waals surface area contributed by atoms with Gasteiger partial charge in [-0.3, -0.25) is 0 Å². The van der Waals surface area contributed by atoms with Gasteiger partial charge in [0.2, 0.25) is 10.0 Å². The minimum Gasteiger partial charge on any atom is -0.507 e. The number of rotatable bonds is 6. The van der Waals surface area contributed by atoms with E-state index < -0.39 is 32.1 Å². The molecule has 1 aromatic heterocycles. The second kappa shape index (κ2) is 7.90. The molecule has 0 bridgehead atoms. The SMILES string of the molecule is CCCN(C)S(=O)(=O)c1cc(-c2n[nH]c(=O)n2-c2cccc(Cl)c2)c(O)cc1O. The molecule has 0 spiro atoms. The van der Waals surface area contributed by atoms with Crippen LogP contribution in [0.15, 0.2) is 46.1 Å². The van der Waals surface area contributed by atoms with Gasteiger partial charge in [-0.1, -0.05) is 24.6 Å². The summed E-state index contributed by atoms with van der Waals surface area (Å²) in [4.78, 5) is 11.9. The Bertz CT molecular complexity index is 1220. The van der Waals surface area contributed by atoms with Gasteiger partial charge in [0.25, 0.3) is 0 Å². The third-order valence-electron chi connectivity index (χ3n) is 4.28. The van der Waals surface area contributed by atoms with Crippen molar-refractivity contribution in [3.05, 3.63) is 51.9 Å². The van der Waals surface area contributed by atoms with Gasteiger partial charge >= 0.3 is 5.69 Å². The van der Waals surface area contributed by atoms with Crippen LogP contribution in [0.5, 0.6) is 11.5 Å². The molecule has 1 heterocycles. The number of nitrogens with one attached hydrogen (secondary N) is 1. The van der Waals surface area contributed by atoms with Crippen LogP contribution in [-0.2, 0) is 10.0 Å². The van der Waals surface area contributed by atoms with Crippen molar-refractivity contribution in [2.24, 2.45) is 0 Å². The van der Waals surface area contributed by atoms with Gasteiger partial charge in [0.15, 0.2) is 5.82 Å². The third-order valence-corrected chi connectivity index (χ3v) is 6.40. The Balaban J connectivity index is 2.23. The van der Waals surface area contributed by atoms with Crippen molar-refractivity contribution in [1.82, 2.24) is 19.1 Å². The Kier molecular flexibility index (Phi) is 5.69. The number of phenolic OH excluding ortho intramolecular Hbond substituents is 2. The maximum atomic E-state index is 12.8. The zero-order valence-electron chi connectivity index (χ0n) is 15.6. The first-order valence-electron chi connectivity index (χ1n) is 8.63. The Labute approximate surface area is 171 Å². The summed E-state index contributed by atoms with van der Waals surface area (Å²) < 4.78 is 27.9. The predicted octanol–water partition coefficient (Wildman–Crippen LogP) is 2.32. The highest BCUT2D eigenvalue weighted by molar-refractivity contribution is 7.89. The maximum Gasteiger partial charge on any atom is 0.348 e. The number of benzene rings is 2. The smallest absolute Gasteiger partial charge is 0.348 e. The zero-order chi connectivity index (χ0) is 21.3. The van der Waals surface area contributed by atoms with Gasteiger partial charge in [0, 0.05) is 24.7 Å². The highest BCUT2D eigenvalue weighted by Gasteiger charge is 2.27. The van der Waals surface area contributed by atoms with E-state index in [0.29, 0.717) is 17.1 Å². The number of nitrogens with zero attached hydrogens (tertiary/aromatic N) is 3. The van der Waals surface area contributed by atoms with Crippen molar-refractivity contribution >= 4 is 21.6 Å². The average molecular weight is 439 g/mol. The molecule has 0 unspecified atom stereocenters. The van der Waals surface area contributed by atoms with E-state index in [1.165, 1.54) is 13.1 Å². The number of sulfonamides is 1. The van der Waals surface area contributed by atoms with Crippen LogP contribution in [0.4, 0.5) is 0 Å². The van der Waals surface area contributed by atoms with E-state index in [9.17, 15) is 23.4 Å². The first kappa shape index (κ1) is 20.9. The van der Waals surface area contributed by atoms with Gasteiger partial charge in [-0.2, -0.15) is 5.10 Å². The molecule has 2 aromatic carbocycles. The molecular weight excluding hydrogens is 420 g/mol. The van der Waals surface area contributed by atoms with Crippen LogP contribution in [0.3, 0.4) is 0 Å². The molecule has 0 atom stereocenters. The van der Waals surface area contributed by atoms with Crippen LogP contribution in [0.25, 0.3) is 17.1 Å². The number of hydrogen-bond donors (Lipinski definition) is 3. The van der Waals surface area contributed by atoms with E-state index in [1.807, 2.05) is 6.92 Å². The molecule has 0 aliphatic carbocycles. The number of aromatic amines is 1. The third kappa shape index (κ3) is 3.86. The van der Waals surface area contributed by atoms with Gasteiger partial charge in [-0.15, -0.1) is 0 Å². The molecule has 3 rings (SSSR count). The van der Waals surface area contributed by atoms with E-state index in [-0.39, 0.29) is 17.9 Å². The van der Waals surface area contributed by atoms with E-state index in [1.54, 1.807) is 18.2 Å². The van der Waals surface area contributed by atoms with Crippen molar-refractivity contribution in [3.63, 3.8) is 0 Å². The Morgan fingerprint density at radius 3 is 2.59 bits per heavy atom. The molecule has 0 amide bonds. The summed E-state index contributed by atoms with van der Waals surface area (Å²) in [6.45, 7) is 2.06. The van der Waals surface area contributed by atoms with Crippen LogP contribution < -0.4 is 5.69 Å². The Hall–Kier alpha value is -2.82. The van der Waals surface area contributed by atoms with Crippen molar-refractivity contribution in [3.8, 4) is 28.6 Å². The standard InChI is InChI=1S/C18H19ClN4O5S/c1-3-7-22(2)29(27,28)16-9-13(14(24)10-15(16)25)17-20-21-18(26)23(17)12-6-4-5-11(19)8-12/h4-6,8-10,24-25H,3,7H2,1-2H3,(H,21,26). The lowest BCUT2D eigenvalue weighted by Gasteiger charge is -2.18. The highest BCUT2D eigenvalue weighted by atomic mass is 35.5. The Morgan fingerprint density at radius 1 is 1.21 bits per heavy atom. The van der Waals surface area contributed by atoms with Crippen LogP contribution in [-0.4, -0.2) is 51.3 Å². The van der Waals surface area contributed by atoms with Crippen LogP contribution in [0.2, 0.25) is 5.02 Å². The molecule has 0 saturated carbocycles. The van der Waals surface area contributed by atoms with Crippen LogP contribution in [0, 0.1) is 0 Å². The summed E-state index contributed by atoms with van der Waals surface area (Å²) in [6.07, 6.45) is 0.578. The lowest BCUT2D eigenvalue weighted by molar-refractivity contribution is 0.430. The number of aromatic hydroxyl groups is 2. The molecule has 9 nitrogen and oxygen atoms in total. The first-order chi connectivity index (χ1) is 13.7. The molecule has 0 aliphatic rings. The molecule has 154 valence electrons. The second-order valence-corrected chi connectivity index (χ2v) is 8.78. The van der Waals surface area contributed by atoms with Crippen molar-refractivity contribution in [2.75, 3.05) is 13.6 Å².